The van der Waals surface area contributed by atoms with Crippen molar-refractivity contribution in [3.05, 3.63) is 0 Å². The summed E-state index contributed by atoms with van der Waals surface area (Å²) in [6, 6.07) is -0.117. The SMILES string of the molecule is O=C1NCCN2CCS(=O)CC12. The van der Waals surface area contributed by atoms with Crippen LogP contribution >= 0.6 is 0 Å². The van der Waals surface area contributed by atoms with Crippen LogP contribution in [0.1, 0.15) is 0 Å². The molecule has 4 nitrogen and oxygen atoms in total. The van der Waals surface area contributed by atoms with Crippen molar-refractivity contribution < 1.29 is 9.00 Å². The van der Waals surface area contributed by atoms with E-state index in [1.54, 1.807) is 0 Å². The van der Waals surface area contributed by atoms with E-state index in [0.29, 0.717) is 5.75 Å². The smallest absolute Gasteiger partial charge is 0.238 e. The Balaban J connectivity index is 2.10. The fraction of sp³-hybridized carbons (Fsp3) is 0.857. The van der Waals surface area contributed by atoms with Crippen molar-refractivity contribution in [2.24, 2.45) is 0 Å². The molecule has 0 aromatic heterocycles. The van der Waals surface area contributed by atoms with Gasteiger partial charge in [-0.05, 0) is 0 Å². The third-order valence-corrected chi connectivity index (χ3v) is 3.72. The van der Waals surface area contributed by atoms with Gasteiger partial charge in [0.05, 0.1) is 0 Å². The summed E-state index contributed by atoms with van der Waals surface area (Å²) in [6.45, 7) is 2.46. The molecule has 68 valence electrons. The second kappa shape index (κ2) is 3.14. The number of amides is 1. The molecule has 2 fully saturated rings. The lowest BCUT2D eigenvalue weighted by Gasteiger charge is -2.37. The largest absolute Gasteiger partial charge is 0.353 e. The Kier molecular flexibility index (Phi) is 2.14. The maximum absolute atomic E-state index is 11.3. The molecule has 1 amide bonds. The van der Waals surface area contributed by atoms with Crippen LogP contribution in [0.25, 0.3) is 0 Å². The van der Waals surface area contributed by atoms with Crippen LogP contribution in [0.3, 0.4) is 0 Å². The predicted molar refractivity (Wildman–Crippen MR) is 46.2 cm³/mol. The van der Waals surface area contributed by atoms with Crippen molar-refractivity contribution in [1.82, 2.24) is 10.2 Å². The molecule has 2 rings (SSSR count). The Morgan fingerprint density at radius 2 is 2.33 bits per heavy atom. The van der Waals surface area contributed by atoms with E-state index in [4.69, 9.17) is 0 Å². The molecule has 0 aliphatic carbocycles. The van der Waals surface area contributed by atoms with Gasteiger partial charge < -0.3 is 5.32 Å². The van der Waals surface area contributed by atoms with Gasteiger partial charge in [0.2, 0.25) is 5.91 Å². The Labute approximate surface area is 73.8 Å². The van der Waals surface area contributed by atoms with E-state index < -0.39 is 10.8 Å². The summed E-state index contributed by atoms with van der Waals surface area (Å²) in [4.78, 5) is 13.4. The minimum Gasteiger partial charge on any atom is -0.353 e. The quantitative estimate of drug-likeness (QED) is 0.506. The molecular formula is C7H12N2O2S. The van der Waals surface area contributed by atoms with Gasteiger partial charge in [0.25, 0.3) is 0 Å². The molecule has 0 aromatic rings. The van der Waals surface area contributed by atoms with Crippen LogP contribution in [0.5, 0.6) is 0 Å². The van der Waals surface area contributed by atoms with E-state index in [1.165, 1.54) is 0 Å². The van der Waals surface area contributed by atoms with Crippen LogP contribution in [0, 0.1) is 0 Å². The molecule has 2 aliphatic heterocycles. The molecule has 2 heterocycles. The van der Waals surface area contributed by atoms with Gasteiger partial charge >= 0.3 is 0 Å². The van der Waals surface area contributed by atoms with E-state index in [-0.39, 0.29) is 11.9 Å². The third-order valence-electron chi connectivity index (χ3n) is 2.39. The number of hydrogen-bond donors (Lipinski definition) is 1. The van der Waals surface area contributed by atoms with E-state index in [9.17, 15) is 9.00 Å². The van der Waals surface area contributed by atoms with Crippen LogP contribution in [-0.4, -0.2) is 52.2 Å². The minimum atomic E-state index is -0.782. The number of piperazine rings is 1. The van der Waals surface area contributed by atoms with Gasteiger partial charge in [0.15, 0.2) is 0 Å². The normalized spacial score (nSPS) is 37.2. The van der Waals surface area contributed by atoms with E-state index in [2.05, 4.69) is 10.2 Å². The summed E-state index contributed by atoms with van der Waals surface area (Å²) in [7, 11) is -0.782. The molecule has 0 aromatic carbocycles. The molecule has 2 unspecified atom stereocenters. The number of fused-ring (bicyclic) bond motifs is 1. The lowest BCUT2D eigenvalue weighted by Crippen LogP contribution is -2.60. The van der Waals surface area contributed by atoms with Gasteiger partial charge in [-0.15, -0.1) is 0 Å². The molecule has 1 N–H and O–H groups in total. The van der Waals surface area contributed by atoms with E-state index in [0.717, 1.165) is 25.4 Å². The summed E-state index contributed by atoms with van der Waals surface area (Å²) in [5.41, 5.74) is 0. The molecule has 0 bridgehead atoms. The van der Waals surface area contributed by atoms with Crippen LogP contribution in [-0.2, 0) is 15.6 Å². The first-order chi connectivity index (χ1) is 5.77. The highest BCUT2D eigenvalue weighted by Gasteiger charge is 2.34. The highest BCUT2D eigenvalue weighted by molar-refractivity contribution is 7.85. The highest BCUT2D eigenvalue weighted by Crippen LogP contribution is 2.11. The number of carbonyl (C=O) groups is 1. The maximum Gasteiger partial charge on any atom is 0.238 e. The van der Waals surface area contributed by atoms with Crippen LogP contribution in [0.4, 0.5) is 0 Å². The van der Waals surface area contributed by atoms with Crippen molar-refractivity contribution >= 4 is 16.7 Å². The second-order valence-electron chi connectivity index (χ2n) is 3.15. The highest BCUT2D eigenvalue weighted by atomic mass is 32.2. The zero-order chi connectivity index (χ0) is 8.55. The molecule has 2 aliphatic rings. The molecule has 0 radical (unpaired) electrons. The van der Waals surface area contributed by atoms with E-state index in [1.807, 2.05) is 0 Å². The molecular weight excluding hydrogens is 176 g/mol. The van der Waals surface area contributed by atoms with Crippen LogP contribution in [0.2, 0.25) is 0 Å². The van der Waals surface area contributed by atoms with Crippen molar-refractivity contribution in [1.29, 1.82) is 0 Å². The molecule has 0 spiro atoms. The second-order valence-corrected chi connectivity index (χ2v) is 4.77. The fourth-order valence-electron chi connectivity index (χ4n) is 1.69. The van der Waals surface area contributed by atoms with Gasteiger partial charge in [-0.1, -0.05) is 0 Å². The number of rotatable bonds is 0. The predicted octanol–water partition coefficient (Wildman–Crippen LogP) is -1.45. The molecule has 2 saturated heterocycles. The van der Waals surface area contributed by atoms with Crippen molar-refractivity contribution in [3.8, 4) is 0 Å². The van der Waals surface area contributed by atoms with Crippen molar-refractivity contribution in [3.63, 3.8) is 0 Å². The summed E-state index contributed by atoms with van der Waals surface area (Å²) >= 11 is 0. The fourth-order valence-corrected chi connectivity index (χ4v) is 3.01. The first-order valence-electron chi connectivity index (χ1n) is 4.14. The van der Waals surface area contributed by atoms with Crippen LogP contribution in [0.15, 0.2) is 0 Å². The Morgan fingerprint density at radius 1 is 1.50 bits per heavy atom. The van der Waals surface area contributed by atoms with Gasteiger partial charge in [-0.2, -0.15) is 0 Å². The topological polar surface area (TPSA) is 49.4 Å². The van der Waals surface area contributed by atoms with E-state index >= 15 is 0 Å². The lowest BCUT2D eigenvalue weighted by molar-refractivity contribution is -0.128. The van der Waals surface area contributed by atoms with Gasteiger partial charge in [0, 0.05) is 41.9 Å². The van der Waals surface area contributed by atoms with Crippen LogP contribution < -0.4 is 5.32 Å². The number of nitrogens with zero attached hydrogens (tertiary/aromatic N) is 1. The number of hydrogen-bond acceptors (Lipinski definition) is 3. The first-order valence-corrected chi connectivity index (χ1v) is 5.63. The Morgan fingerprint density at radius 3 is 3.17 bits per heavy atom. The molecule has 5 heteroatoms. The standard InChI is InChI=1S/C7H12N2O2S/c10-7-6-5-12(11)4-3-9(6)2-1-8-7/h6H,1-5H2,(H,8,10). The Hall–Kier alpha value is -0.420. The van der Waals surface area contributed by atoms with Gasteiger partial charge in [-0.3, -0.25) is 13.9 Å². The molecule has 12 heavy (non-hydrogen) atoms. The lowest BCUT2D eigenvalue weighted by atomic mass is 10.2. The zero-order valence-electron chi connectivity index (χ0n) is 6.78. The summed E-state index contributed by atoms with van der Waals surface area (Å²) in [5.74, 6) is 1.30. The molecule has 0 saturated carbocycles. The average molecular weight is 188 g/mol. The maximum atomic E-state index is 11.3. The van der Waals surface area contributed by atoms with Crippen molar-refractivity contribution in [2.45, 2.75) is 6.04 Å². The van der Waals surface area contributed by atoms with Gasteiger partial charge in [-0.25, -0.2) is 0 Å². The minimum absolute atomic E-state index is 0.0503. The monoisotopic (exact) mass is 188 g/mol. The Bertz CT molecular complexity index is 231. The van der Waals surface area contributed by atoms with Gasteiger partial charge in [0.1, 0.15) is 6.04 Å². The average Bonchev–Trinajstić information content (AvgIpc) is 2.07. The van der Waals surface area contributed by atoms with Crippen molar-refractivity contribution in [2.75, 3.05) is 31.1 Å². The zero-order valence-corrected chi connectivity index (χ0v) is 7.60. The number of carbonyl (C=O) groups excluding carboxylic acids is 1. The summed E-state index contributed by atoms with van der Waals surface area (Å²) < 4.78 is 11.2. The molecule has 2 atom stereocenters. The number of nitrogens with one attached hydrogen (secondary N) is 1. The first kappa shape index (κ1) is 8.19. The summed E-state index contributed by atoms with van der Waals surface area (Å²) in [5, 5.41) is 2.79. The third kappa shape index (κ3) is 1.38. The summed E-state index contributed by atoms with van der Waals surface area (Å²) in [6.07, 6.45) is 0.